The topological polar surface area (TPSA) is 73.9 Å². The van der Waals surface area contributed by atoms with E-state index in [0.29, 0.717) is 11.6 Å². The fraction of sp³-hybridized carbons (Fsp3) is 0.308. The Hall–Kier alpha value is -2.17. The van der Waals surface area contributed by atoms with Crippen molar-refractivity contribution in [3.05, 3.63) is 29.1 Å². The Morgan fingerprint density at radius 3 is 2.33 bits per heavy atom. The summed E-state index contributed by atoms with van der Waals surface area (Å²) in [5, 5.41) is 0. The number of nitrogens with two attached hydrogens (primary N) is 1. The number of anilines is 1. The molecule has 2 aromatic rings. The first-order valence-electron chi connectivity index (χ1n) is 5.65. The summed E-state index contributed by atoms with van der Waals surface area (Å²) in [5.74, 6) is 2.31. The minimum atomic E-state index is 0.241. The smallest absolute Gasteiger partial charge is 0.223 e. The van der Waals surface area contributed by atoms with Crippen LogP contribution >= 0.6 is 0 Å². The zero-order chi connectivity index (χ0) is 13.3. The lowest BCUT2D eigenvalue weighted by atomic mass is 10.0. The highest BCUT2D eigenvalue weighted by Crippen LogP contribution is 2.28. The summed E-state index contributed by atoms with van der Waals surface area (Å²) in [4.78, 5) is 12.5. The molecule has 0 fully saturated rings. The van der Waals surface area contributed by atoms with Crippen LogP contribution in [0.5, 0.6) is 5.75 Å². The van der Waals surface area contributed by atoms with Crippen molar-refractivity contribution in [2.24, 2.45) is 0 Å². The van der Waals surface area contributed by atoms with E-state index in [-0.39, 0.29) is 5.95 Å². The molecule has 0 aliphatic heterocycles. The molecule has 1 aromatic carbocycles. The number of nitrogens with zero attached hydrogens (tertiary/aromatic N) is 3. The highest BCUT2D eigenvalue weighted by molar-refractivity contribution is 5.64. The third-order valence-electron chi connectivity index (χ3n) is 2.75. The highest BCUT2D eigenvalue weighted by atomic mass is 16.5. The zero-order valence-electron chi connectivity index (χ0n) is 11.0. The van der Waals surface area contributed by atoms with Crippen molar-refractivity contribution in [3.8, 4) is 17.1 Å². The Morgan fingerprint density at radius 2 is 1.72 bits per heavy atom. The van der Waals surface area contributed by atoms with Crippen LogP contribution in [0.25, 0.3) is 11.4 Å². The van der Waals surface area contributed by atoms with E-state index in [9.17, 15) is 0 Å². The normalized spacial score (nSPS) is 10.4. The molecule has 1 heterocycles. The summed E-state index contributed by atoms with van der Waals surface area (Å²) in [6, 6.07) is 3.97. The molecule has 1 aromatic heterocycles. The molecule has 5 heteroatoms. The van der Waals surface area contributed by atoms with Crippen LogP contribution in [0.15, 0.2) is 12.1 Å². The van der Waals surface area contributed by atoms with Crippen LogP contribution in [0.4, 0.5) is 5.95 Å². The molecule has 2 N–H and O–H groups in total. The van der Waals surface area contributed by atoms with Crippen LogP contribution < -0.4 is 10.5 Å². The van der Waals surface area contributed by atoms with Crippen LogP contribution in [0.3, 0.4) is 0 Å². The lowest BCUT2D eigenvalue weighted by molar-refractivity contribution is 0.411. The zero-order valence-corrected chi connectivity index (χ0v) is 11.0. The van der Waals surface area contributed by atoms with Crippen LogP contribution in [0.1, 0.15) is 17.0 Å². The van der Waals surface area contributed by atoms with Crippen LogP contribution in [-0.2, 0) is 0 Å². The first-order chi connectivity index (χ1) is 8.51. The molecule has 94 valence electrons. The number of benzene rings is 1. The number of hydrogen-bond donors (Lipinski definition) is 1. The van der Waals surface area contributed by atoms with Gasteiger partial charge < -0.3 is 10.5 Å². The maximum Gasteiger partial charge on any atom is 0.223 e. The monoisotopic (exact) mass is 244 g/mol. The van der Waals surface area contributed by atoms with Gasteiger partial charge in [-0.3, -0.25) is 0 Å². The Bertz CT molecular complexity index is 576. The molecule has 0 aliphatic carbocycles. The average Bonchev–Trinajstić information content (AvgIpc) is 2.30. The Labute approximate surface area is 106 Å². The van der Waals surface area contributed by atoms with Gasteiger partial charge in [0.1, 0.15) is 11.6 Å². The minimum absolute atomic E-state index is 0.241. The third kappa shape index (κ3) is 2.25. The molecule has 0 unspecified atom stereocenters. The molecule has 0 spiro atoms. The van der Waals surface area contributed by atoms with Crippen molar-refractivity contribution in [2.45, 2.75) is 20.8 Å². The van der Waals surface area contributed by atoms with Gasteiger partial charge in [0.05, 0.1) is 7.11 Å². The maximum atomic E-state index is 5.65. The lowest BCUT2D eigenvalue weighted by Gasteiger charge is -2.10. The first-order valence-corrected chi connectivity index (χ1v) is 5.65. The Balaban J connectivity index is 2.60. The molecule has 0 atom stereocenters. The van der Waals surface area contributed by atoms with Gasteiger partial charge in [0.2, 0.25) is 5.95 Å². The molecular formula is C13H16N4O. The summed E-state index contributed by atoms with van der Waals surface area (Å²) >= 11 is 0. The van der Waals surface area contributed by atoms with Crippen molar-refractivity contribution in [1.82, 2.24) is 15.0 Å². The molecule has 0 bridgehead atoms. The number of rotatable bonds is 2. The lowest BCUT2D eigenvalue weighted by Crippen LogP contribution is -2.03. The molecule has 2 rings (SSSR count). The van der Waals surface area contributed by atoms with Crippen molar-refractivity contribution in [1.29, 1.82) is 0 Å². The summed E-state index contributed by atoms with van der Waals surface area (Å²) < 4.78 is 5.29. The number of nitrogen functional groups attached to an aromatic ring is 1. The molecule has 18 heavy (non-hydrogen) atoms. The van der Waals surface area contributed by atoms with E-state index in [0.717, 1.165) is 22.4 Å². The molecule has 0 radical (unpaired) electrons. The van der Waals surface area contributed by atoms with E-state index in [4.69, 9.17) is 10.5 Å². The number of hydrogen-bond acceptors (Lipinski definition) is 5. The number of methoxy groups -OCH3 is 1. The predicted octanol–water partition coefficient (Wildman–Crippen LogP) is 2.05. The van der Waals surface area contributed by atoms with E-state index >= 15 is 0 Å². The van der Waals surface area contributed by atoms with Gasteiger partial charge in [0.25, 0.3) is 0 Å². The largest absolute Gasteiger partial charge is 0.496 e. The van der Waals surface area contributed by atoms with E-state index in [2.05, 4.69) is 15.0 Å². The molecular weight excluding hydrogens is 228 g/mol. The van der Waals surface area contributed by atoms with Crippen molar-refractivity contribution >= 4 is 5.95 Å². The average molecular weight is 244 g/mol. The van der Waals surface area contributed by atoms with Gasteiger partial charge in [-0.2, -0.15) is 9.97 Å². The second-order valence-electron chi connectivity index (χ2n) is 4.20. The molecule has 0 aliphatic rings. The third-order valence-corrected chi connectivity index (χ3v) is 2.75. The fourth-order valence-corrected chi connectivity index (χ4v) is 1.87. The van der Waals surface area contributed by atoms with Gasteiger partial charge in [-0.25, -0.2) is 4.98 Å². The van der Waals surface area contributed by atoms with E-state index in [1.54, 1.807) is 14.0 Å². The van der Waals surface area contributed by atoms with E-state index in [1.165, 1.54) is 0 Å². The van der Waals surface area contributed by atoms with Gasteiger partial charge in [-0.15, -0.1) is 0 Å². The van der Waals surface area contributed by atoms with Gasteiger partial charge in [-0.1, -0.05) is 0 Å². The molecule has 0 saturated heterocycles. The summed E-state index contributed by atoms with van der Waals surface area (Å²) in [6.45, 7) is 5.78. The predicted molar refractivity (Wildman–Crippen MR) is 70.4 cm³/mol. The summed E-state index contributed by atoms with van der Waals surface area (Å²) in [5.41, 5.74) is 8.68. The minimum Gasteiger partial charge on any atom is -0.496 e. The second-order valence-corrected chi connectivity index (χ2v) is 4.20. The fourth-order valence-electron chi connectivity index (χ4n) is 1.87. The first kappa shape index (κ1) is 12.3. The van der Waals surface area contributed by atoms with E-state index < -0.39 is 0 Å². The van der Waals surface area contributed by atoms with Crippen LogP contribution in [0, 0.1) is 20.8 Å². The van der Waals surface area contributed by atoms with Crippen LogP contribution in [0.2, 0.25) is 0 Å². The number of ether oxygens (including phenoxy) is 1. The van der Waals surface area contributed by atoms with Gasteiger partial charge in [0.15, 0.2) is 5.82 Å². The van der Waals surface area contributed by atoms with Crippen molar-refractivity contribution < 1.29 is 4.74 Å². The number of aromatic nitrogens is 3. The molecule has 5 nitrogen and oxygen atoms in total. The molecule has 0 amide bonds. The highest BCUT2D eigenvalue weighted by Gasteiger charge is 2.10. The van der Waals surface area contributed by atoms with Gasteiger partial charge >= 0.3 is 0 Å². The quantitative estimate of drug-likeness (QED) is 0.875. The summed E-state index contributed by atoms with van der Waals surface area (Å²) in [6.07, 6.45) is 0. The Morgan fingerprint density at radius 1 is 1.00 bits per heavy atom. The van der Waals surface area contributed by atoms with Crippen molar-refractivity contribution in [2.75, 3.05) is 12.8 Å². The van der Waals surface area contributed by atoms with Gasteiger partial charge in [0, 0.05) is 5.56 Å². The Kier molecular flexibility index (Phi) is 3.14. The van der Waals surface area contributed by atoms with E-state index in [1.807, 2.05) is 26.0 Å². The standard InChI is InChI=1S/C13H16N4O/c1-7-6-11(18-4)8(2)5-10(7)12-15-9(3)16-13(14)17-12/h5-6H,1-4H3,(H2,14,15,16,17). The SMILES string of the molecule is COc1cc(C)c(-c2nc(C)nc(N)n2)cc1C. The maximum absolute atomic E-state index is 5.65. The summed E-state index contributed by atoms with van der Waals surface area (Å²) in [7, 11) is 1.66. The second kappa shape index (κ2) is 4.60. The number of aryl methyl sites for hydroxylation is 3. The van der Waals surface area contributed by atoms with Gasteiger partial charge in [-0.05, 0) is 44.0 Å². The van der Waals surface area contributed by atoms with Crippen LogP contribution in [-0.4, -0.2) is 22.1 Å². The van der Waals surface area contributed by atoms with Crippen molar-refractivity contribution in [3.63, 3.8) is 0 Å². The molecule has 0 saturated carbocycles.